The Balaban J connectivity index is 2.76. The summed E-state index contributed by atoms with van der Waals surface area (Å²) in [6.07, 6.45) is 1.31. The quantitative estimate of drug-likeness (QED) is 0.599. The fourth-order valence-electron chi connectivity index (χ4n) is 3.57. The summed E-state index contributed by atoms with van der Waals surface area (Å²) in [6.45, 7) is 19.3. The van der Waals surface area contributed by atoms with Crippen LogP contribution in [0.2, 0.25) is 19.1 Å². The van der Waals surface area contributed by atoms with Crippen LogP contribution < -0.4 is 5.19 Å². The Bertz CT molecular complexity index is 496. The van der Waals surface area contributed by atoms with E-state index in [1.807, 2.05) is 0 Å². The van der Waals surface area contributed by atoms with Crippen LogP contribution >= 0.6 is 0 Å². The Morgan fingerprint density at radius 1 is 0.842 bits per heavy atom. The smallest absolute Gasteiger partial charge is 0.0654 e. The summed E-state index contributed by atoms with van der Waals surface area (Å²) < 4.78 is 0. The molecule has 0 aliphatic carbocycles. The Morgan fingerprint density at radius 3 is 1.79 bits per heavy atom. The Hall–Kier alpha value is -0.563. The van der Waals surface area contributed by atoms with E-state index < -0.39 is 8.07 Å². The first-order valence-corrected chi connectivity index (χ1v) is 10.8. The van der Waals surface area contributed by atoms with Crippen LogP contribution in [0.15, 0.2) is 12.1 Å². The van der Waals surface area contributed by atoms with Crippen molar-refractivity contribution in [2.75, 3.05) is 0 Å². The van der Waals surface area contributed by atoms with E-state index >= 15 is 0 Å². The summed E-state index contributed by atoms with van der Waals surface area (Å²) in [5.41, 5.74) is 5.46. The van der Waals surface area contributed by atoms with Crippen molar-refractivity contribution in [3.8, 4) is 0 Å². The van der Waals surface area contributed by atoms with Crippen molar-refractivity contribution in [3.05, 3.63) is 28.8 Å². The first-order valence-electron chi connectivity index (χ1n) is 7.62. The lowest BCUT2D eigenvalue weighted by Crippen LogP contribution is -2.43. The number of fused-ring (bicyclic) bond motifs is 1. The van der Waals surface area contributed by atoms with Crippen molar-refractivity contribution in [2.24, 2.45) is 0 Å². The van der Waals surface area contributed by atoms with Crippen molar-refractivity contribution >= 4 is 13.3 Å². The van der Waals surface area contributed by atoms with Crippen LogP contribution in [0.1, 0.15) is 58.2 Å². The molecule has 0 saturated heterocycles. The minimum Gasteiger partial charge on any atom is -0.0654 e. The van der Waals surface area contributed by atoms with Gasteiger partial charge in [0, 0.05) is 0 Å². The molecule has 19 heavy (non-hydrogen) atoms. The summed E-state index contributed by atoms with van der Waals surface area (Å²) in [6, 6.07) is 6.27. The summed E-state index contributed by atoms with van der Waals surface area (Å²) in [5, 5.41) is 1.78. The highest BCUT2D eigenvalue weighted by molar-refractivity contribution is 6.91. The minimum atomic E-state index is -1.23. The molecule has 1 aliphatic rings. The Labute approximate surface area is 120 Å². The Kier molecular flexibility index (Phi) is 3.29. The lowest BCUT2D eigenvalue weighted by atomic mass is 9.79. The van der Waals surface area contributed by atoms with Crippen molar-refractivity contribution in [3.63, 3.8) is 0 Å². The van der Waals surface area contributed by atoms with Gasteiger partial charge in [-0.25, -0.2) is 0 Å². The van der Waals surface area contributed by atoms with E-state index in [1.54, 1.807) is 21.9 Å². The number of hydrogen-bond acceptors (Lipinski definition) is 0. The molecule has 0 spiro atoms. The van der Waals surface area contributed by atoms with Crippen LogP contribution in [-0.4, -0.2) is 8.07 Å². The average Bonchev–Trinajstić information content (AvgIpc) is 2.51. The minimum absolute atomic E-state index is 0.273. The van der Waals surface area contributed by atoms with Gasteiger partial charge in [0.15, 0.2) is 0 Å². The van der Waals surface area contributed by atoms with Gasteiger partial charge in [0.05, 0.1) is 8.07 Å². The topological polar surface area (TPSA) is 0 Å². The molecule has 0 amide bonds. The second kappa shape index (κ2) is 4.21. The van der Waals surface area contributed by atoms with Crippen molar-refractivity contribution in [2.45, 2.75) is 77.9 Å². The predicted molar refractivity (Wildman–Crippen MR) is 89.5 cm³/mol. The van der Waals surface area contributed by atoms with Gasteiger partial charge in [-0.05, 0) is 40.0 Å². The van der Waals surface area contributed by atoms with Gasteiger partial charge in [-0.2, -0.15) is 0 Å². The molecule has 1 aliphatic heterocycles. The fraction of sp³-hybridized carbons (Fsp3) is 0.667. The van der Waals surface area contributed by atoms with Crippen LogP contribution in [0.4, 0.5) is 0 Å². The molecule has 2 rings (SSSR count). The molecule has 1 heteroatoms. The van der Waals surface area contributed by atoms with Crippen molar-refractivity contribution in [1.82, 2.24) is 0 Å². The lowest BCUT2D eigenvalue weighted by Gasteiger charge is -2.32. The van der Waals surface area contributed by atoms with Gasteiger partial charge < -0.3 is 0 Å². The molecule has 0 radical (unpaired) electrons. The van der Waals surface area contributed by atoms with Crippen molar-refractivity contribution < 1.29 is 0 Å². The Morgan fingerprint density at radius 2 is 1.32 bits per heavy atom. The maximum atomic E-state index is 2.56. The monoisotopic (exact) mass is 274 g/mol. The van der Waals surface area contributed by atoms with E-state index in [1.165, 1.54) is 12.5 Å². The molecule has 1 aromatic rings. The summed E-state index contributed by atoms with van der Waals surface area (Å²) in [4.78, 5) is 0. The molecule has 0 bridgehead atoms. The van der Waals surface area contributed by atoms with Crippen LogP contribution in [0.3, 0.4) is 0 Å². The van der Waals surface area contributed by atoms with E-state index in [9.17, 15) is 0 Å². The highest BCUT2D eigenvalue weighted by Gasteiger charge is 2.39. The number of hydrogen-bond donors (Lipinski definition) is 0. The maximum Gasteiger partial charge on any atom is 0.0817 e. The molecule has 0 saturated carbocycles. The molecule has 1 aromatic carbocycles. The molecule has 106 valence electrons. The molecule has 0 atom stereocenters. The summed E-state index contributed by atoms with van der Waals surface area (Å²) in [7, 11) is -1.23. The molecular formula is C18H30Si. The van der Waals surface area contributed by atoms with Gasteiger partial charge in [0.25, 0.3) is 0 Å². The summed E-state index contributed by atoms with van der Waals surface area (Å²) >= 11 is 0. The molecular weight excluding hydrogens is 244 g/mol. The molecule has 0 unspecified atom stereocenters. The highest BCUT2D eigenvalue weighted by Crippen LogP contribution is 2.36. The van der Waals surface area contributed by atoms with Gasteiger partial charge in [-0.15, -0.1) is 0 Å². The SMILES string of the molecule is CC(C)(C)c1ccc(C(C)(C)C)c2c1CC[Si]2(C)C. The van der Waals surface area contributed by atoms with Gasteiger partial charge >= 0.3 is 0 Å². The lowest BCUT2D eigenvalue weighted by molar-refractivity contribution is 0.575. The van der Waals surface area contributed by atoms with Crippen LogP contribution in [-0.2, 0) is 17.3 Å². The number of benzene rings is 1. The predicted octanol–water partition coefficient (Wildman–Crippen LogP) is 4.75. The third-order valence-corrected chi connectivity index (χ3v) is 8.03. The molecule has 0 aromatic heterocycles. The zero-order chi connectivity index (χ0) is 14.6. The van der Waals surface area contributed by atoms with E-state index in [0.29, 0.717) is 0 Å². The zero-order valence-corrected chi connectivity index (χ0v) is 15.1. The van der Waals surface area contributed by atoms with Crippen LogP contribution in [0.25, 0.3) is 0 Å². The van der Waals surface area contributed by atoms with Gasteiger partial charge in [0.2, 0.25) is 0 Å². The van der Waals surface area contributed by atoms with Crippen LogP contribution in [0, 0.1) is 0 Å². The maximum absolute atomic E-state index is 2.56. The van der Waals surface area contributed by atoms with E-state index in [2.05, 4.69) is 66.8 Å². The highest BCUT2D eigenvalue weighted by atomic mass is 28.3. The third kappa shape index (κ3) is 2.54. The third-order valence-electron chi connectivity index (χ3n) is 4.61. The fourth-order valence-corrected chi connectivity index (χ4v) is 6.96. The van der Waals surface area contributed by atoms with E-state index in [-0.39, 0.29) is 10.8 Å². The normalized spacial score (nSPS) is 18.5. The van der Waals surface area contributed by atoms with Crippen molar-refractivity contribution in [1.29, 1.82) is 0 Å². The van der Waals surface area contributed by atoms with Crippen LogP contribution in [0.5, 0.6) is 0 Å². The molecule has 0 N–H and O–H groups in total. The van der Waals surface area contributed by atoms with E-state index in [4.69, 9.17) is 0 Å². The van der Waals surface area contributed by atoms with E-state index in [0.717, 1.165) is 0 Å². The standard InChI is InChI=1S/C18H30Si/c1-17(2,3)14-9-10-15(18(4,5)6)16-13(14)11-12-19(16,7)8/h9-10H,11-12H2,1-8H3. The first-order chi connectivity index (χ1) is 8.44. The second-order valence-corrected chi connectivity index (χ2v) is 13.7. The van der Waals surface area contributed by atoms with Gasteiger partial charge in [-0.3, -0.25) is 0 Å². The second-order valence-electron chi connectivity index (χ2n) is 8.90. The number of rotatable bonds is 0. The molecule has 1 heterocycles. The zero-order valence-electron chi connectivity index (χ0n) is 14.1. The first kappa shape index (κ1) is 14.8. The average molecular weight is 275 g/mol. The molecule has 0 nitrogen and oxygen atoms in total. The largest absolute Gasteiger partial charge is 0.0817 e. The molecule has 0 fully saturated rings. The van der Waals surface area contributed by atoms with Gasteiger partial charge in [0.1, 0.15) is 0 Å². The summed E-state index contributed by atoms with van der Waals surface area (Å²) in [5.74, 6) is 0. The van der Waals surface area contributed by atoms with Gasteiger partial charge in [-0.1, -0.05) is 72.0 Å².